The van der Waals surface area contributed by atoms with E-state index in [4.69, 9.17) is 0 Å². The molecule has 0 bridgehead atoms. The Morgan fingerprint density at radius 3 is 2.17 bits per heavy atom. The topological polar surface area (TPSA) is 41.1 Å². The molecule has 0 spiro atoms. The van der Waals surface area contributed by atoms with Gasteiger partial charge in [0.25, 0.3) is 0 Å². The summed E-state index contributed by atoms with van der Waals surface area (Å²) >= 11 is 0. The van der Waals surface area contributed by atoms with Crippen LogP contribution in [0.5, 0.6) is 0 Å². The lowest BCUT2D eigenvalue weighted by Crippen LogP contribution is -2.68. The third-order valence-electron chi connectivity index (χ3n) is 14.8. The van der Waals surface area contributed by atoms with Crippen molar-refractivity contribution >= 4 is 5.91 Å². The van der Waals surface area contributed by atoms with Gasteiger partial charge in [-0.3, -0.25) is 4.79 Å². The molecule has 3 heteroatoms. The van der Waals surface area contributed by atoms with Crippen molar-refractivity contribution in [1.29, 1.82) is 0 Å². The zero-order chi connectivity index (χ0) is 29.0. The van der Waals surface area contributed by atoms with Crippen LogP contribution in [0, 0.1) is 51.2 Å². The van der Waals surface area contributed by atoms with Crippen LogP contribution in [-0.2, 0) is 4.79 Å². The average molecular weight is 553 g/mol. The molecule has 0 aliphatic heterocycles. The van der Waals surface area contributed by atoms with Gasteiger partial charge in [0.15, 0.2) is 0 Å². The van der Waals surface area contributed by atoms with Crippen LogP contribution < -0.4 is 10.6 Å². The number of rotatable bonds is 9. The molecule has 5 aliphatic carbocycles. The first-order valence-electron chi connectivity index (χ1n) is 17.5. The van der Waals surface area contributed by atoms with Crippen LogP contribution in [0.25, 0.3) is 0 Å². The summed E-state index contributed by atoms with van der Waals surface area (Å²) in [6, 6.07) is 0. The molecule has 5 aliphatic rings. The summed E-state index contributed by atoms with van der Waals surface area (Å²) in [5.74, 6) is 4.17. The zero-order valence-electron chi connectivity index (χ0n) is 27.5. The highest BCUT2D eigenvalue weighted by atomic mass is 16.1. The monoisotopic (exact) mass is 553 g/mol. The molecule has 5 saturated carbocycles. The highest BCUT2D eigenvalue weighted by molar-refractivity contribution is 5.72. The second-order valence-electron chi connectivity index (χ2n) is 17.0. The Morgan fingerprint density at radius 1 is 0.750 bits per heavy atom. The van der Waals surface area contributed by atoms with Crippen molar-refractivity contribution in [3.63, 3.8) is 0 Å². The molecule has 2 N–H and O–H groups in total. The molecule has 0 radical (unpaired) electrons. The number of nitrogens with one attached hydrogen (secondary N) is 2. The molecule has 0 saturated heterocycles. The normalized spacial score (nSPS) is 45.5. The van der Waals surface area contributed by atoms with E-state index in [9.17, 15) is 4.79 Å². The van der Waals surface area contributed by atoms with E-state index in [0.29, 0.717) is 33.1 Å². The fourth-order valence-corrected chi connectivity index (χ4v) is 12.8. The smallest absolute Gasteiger partial charge is 0.216 e. The van der Waals surface area contributed by atoms with Gasteiger partial charge in [0, 0.05) is 19.0 Å². The van der Waals surface area contributed by atoms with E-state index < -0.39 is 0 Å². The Labute approximate surface area is 247 Å². The van der Waals surface area contributed by atoms with Crippen molar-refractivity contribution in [2.75, 3.05) is 13.1 Å². The summed E-state index contributed by atoms with van der Waals surface area (Å²) < 4.78 is 0. The number of amides is 1. The van der Waals surface area contributed by atoms with Crippen LogP contribution in [0.2, 0.25) is 0 Å². The fourth-order valence-electron chi connectivity index (χ4n) is 12.8. The second kappa shape index (κ2) is 11.0. The summed E-state index contributed by atoms with van der Waals surface area (Å²) in [5, 5.41) is 7.22. The minimum atomic E-state index is 0.0945. The van der Waals surface area contributed by atoms with Crippen LogP contribution >= 0.6 is 0 Å². The number of fused-ring (bicyclic) bond motifs is 7. The number of hydrogen-bond donors (Lipinski definition) is 2. The quantitative estimate of drug-likeness (QED) is 0.221. The summed E-state index contributed by atoms with van der Waals surface area (Å²) in [6.45, 7) is 24.1. The van der Waals surface area contributed by atoms with Crippen molar-refractivity contribution in [3.8, 4) is 0 Å². The lowest BCUT2D eigenvalue weighted by atomic mass is 9.33. The van der Waals surface area contributed by atoms with Crippen molar-refractivity contribution in [3.05, 3.63) is 12.2 Å². The van der Waals surface area contributed by atoms with Crippen LogP contribution in [0.4, 0.5) is 0 Å². The molecule has 0 heterocycles. The SMILES string of the molecule is C=C(C)[C@@H]1CC[C@]2(NCCCCCCNC(C)=O)CC[C@]3(C)C(CCC4[C@@]5(C)CCCC(C)(C)C5CC[C@]43C)C12. The lowest BCUT2D eigenvalue weighted by Gasteiger charge is -2.72. The van der Waals surface area contributed by atoms with Crippen molar-refractivity contribution < 1.29 is 4.79 Å². The fraction of sp³-hybridized carbons (Fsp3) is 0.919. The Kier molecular flexibility index (Phi) is 8.44. The van der Waals surface area contributed by atoms with Gasteiger partial charge in [0.1, 0.15) is 0 Å². The molecule has 0 aromatic heterocycles. The molecule has 40 heavy (non-hydrogen) atoms. The number of allylic oxidation sites excluding steroid dienone is 1. The molecular formula is C37H64N2O. The van der Waals surface area contributed by atoms with Crippen molar-refractivity contribution in [1.82, 2.24) is 10.6 Å². The summed E-state index contributed by atoms with van der Waals surface area (Å²) in [5.41, 5.74) is 3.73. The van der Waals surface area contributed by atoms with E-state index in [1.54, 1.807) is 6.92 Å². The maximum absolute atomic E-state index is 11.1. The van der Waals surface area contributed by atoms with Gasteiger partial charge in [-0.1, -0.05) is 66.0 Å². The number of carbonyl (C=O) groups excluding carboxylic acids is 1. The van der Waals surface area contributed by atoms with Crippen molar-refractivity contribution in [2.45, 2.75) is 150 Å². The second-order valence-corrected chi connectivity index (χ2v) is 17.0. The van der Waals surface area contributed by atoms with Crippen LogP contribution in [-0.4, -0.2) is 24.5 Å². The predicted octanol–water partition coefficient (Wildman–Crippen LogP) is 9.07. The summed E-state index contributed by atoms with van der Waals surface area (Å²) in [7, 11) is 0. The maximum atomic E-state index is 11.1. The highest BCUT2D eigenvalue weighted by Crippen LogP contribution is 2.76. The predicted molar refractivity (Wildman–Crippen MR) is 169 cm³/mol. The van der Waals surface area contributed by atoms with Crippen molar-refractivity contribution in [2.24, 2.45) is 51.2 Å². The van der Waals surface area contributed by atoms with Gasteiger partial charge >= 0.3 is 0 Å². The number of unbranched alkanes of at least 4 members (excludes halogenated alkanes) is 3. The minimum absolute atomic E-state index is 0.0945. The third kappa shape index (κ3) is 4.85. The van der Waals surface area contributed by atoms with Gasteiger partial charge in [-0.15, -0.1) is 0 Å². The average Bonchev–Trinajstić information content (AvgIpc) is 3.25. The minimum Gasteiger partial charge on any atom is -0.356 e. The lowest BCUT2D eigenvalue weighted by molar-refractivity contribution is -0.231. The van der Waals surface area contributed by atoms with Gasteiger partial charge in [-0.25, -0.2) is 0 Å². The molecule has 0 aromatic rings. The molecule has 5 fully saturated rings. The largest absolute Gasteiger partial charge is 0.356 e. The molecule has 5 rings (SSSR count). The summed E-state index contributed by atoms with van der Waals surface area (Å²) in [4.78, 5) is 11.1. The van der Waals surface area contributed by atoms with E-state index >= 15 is 0 Å². The van der Waals surface area contributed by atoms with Crippen LogP contribution in [0.1, 0.15) is 145 Å². The first-order chi connectivity index (χ1) is 18.8. The standard InChI is InChI=1S/C37H64N2O/c1-26(2)28-16-21-37(39-25-12-10-9-11-24-38-27(3)40)23-22-35(7)29(32(28)37)14-15-31-34(6)19-13-18-33(4,5)30(34)17-20-36(31,35)8/h28-32,39H,1,9-25H2,2-8H3,(H,38,40)/t28-,29?,30?,31?,32?,34-,35+,36+,37-/m0/s1. The maximum Gasteiger partial charge on any atom is 0.216 e. The van der Waals surface area contributed by atoms with E-state index in [-0.39, 0.29) is 5.91 Å². The Bertz CT molecular complexity index is 956. The molecule has 9 atom stereocenters. The van der Waals surface area contributed by atoms with Gasteiger partial charge < -0.3 is 10.6 Å². The molecular weight excluding hydrogens is 488 g/mol. The van der Waals surface area contributed by atoms with Crippen LogP contribution in [0.3, 0.4) is 0 Å². The Balaban J connectivity index is 1.33. The van der Waals surface area contributed by atoms with Crippen LogP contribution in [0.15, 0.2) is 12.2 Å². The van der Waals surface area contributed by atoms with E-state index in [1.165, 1.54) is 95.5 Å². The van der Waals surface area contributed by atoms with E-state index in [1.807, 2.05) is 0 Å². The molecule has 1 amide bonds. The highest BCUT2D eigenvalue weighted by Gasteiger charge is 2.70. The Morgan fingerprint density at radius 2 is 1.48 bits per heavy atom. The van der Waals surface area contributed by atoms with Gasteiger partial charge in [-0.05, 0) is 142 Å². The molecule has 0 aromatic carbocycles. The third-order valence-corrected chi connectivity index (χ3v) is 14.8. The first kappa shape index (κ1) is 30.6. The first-order valence-corrected chi connectivity index (χ1v) is 17.5. The Hall–Kier alpha value is -0.830. The van der Waals surface area contributed by atoms with Gasteiger partial charge in [0.05, 0.1) is 0 Å². The molecule has 3 nitrogen and oxygen atoms in total. The van der Waals surface area contributed by atoms with E-state index in [2.05, 4.69) is 58.8 Å². The van der Waals surface area contributed by atoms with E-state index in [0.717, 1.165) is 43.2 Å². The molecule has 228 valence electrons. The summed E-state index contributed by atoms with van der Waals surface area (Å²) in [6.07, 6.45) is 20.4. The van der Waals surface area contributed by atoms with Gasteiger partial charge in [-0.2, -0.15) is 0 Å². The number of carbonyl (C=O) groups is 1. The zero-order valence-corrected chi connectivity index (χ0v) is 27.5. The van der Waals surface area contributed by atoms with Gasteiger partial charge in [0.2, 0.25) is 5.91 Å². The molecule has 4 unspecified atom stereocenters. The number of hydrogen-bond acceptors (Lipinski definition) is 2.